The molecular weight excluding hydrogens is 394 g/mol. The lowest BCUT2D eigenvalue weighted by Crippen LogP contribution is -2.39. The topological polar surface area (TPSA) is 96.5 Å². The fourth-order valence-electron chi connectivity index (χ4n) is 2.89. The number of carbonyl (C=O) groups excluding carboxylic acids is 3. The minimum atomic E-state index is -0.950. The molecule has 2 rings (SSSR count). The first-order chi connectivity index (χ1) is 14.7. The summed E-state index contributed by atoms with van der Waals surface area (Å²) >= 11 is 0. The Hall–Kier alpha value is -3.35. The molecule has 7 heteroatoms. The fourth-order valence-corrected chi connectivity index (χ4v) is 2.89. The van der Waals surface area contributed by atoms with Gasteiger partial charge in [-0.3, -0.25) is 4.79 Å². The first kappa shape index (κ1) is 23.9. The van der Waals surface area contributed by atoms with Crippen molar-refractivity contribution in [3.05, 3.63) is 65.2 Å². The van der Waals surface area contributed by atoms with Crippen LogP contribution in [0.4, 0.5) is 10.5 Å². The monoisotopic (exact) mass is 425 g/mol. The van der Waals surface area contributed by atoms with Crippen molar-refractivity contribution in [1.29, 1.82) is 0 Å². The van der Waals surface area contributed by atoms with E-state index in [-0.39, 0.29) is 18.0 Å². The van der Waals surface area contributed by atoms with Crippen molar-refractivity contribution in [3.8, 4) is 0 Å². The third kappa shape index (κ3) is 7.44. The standard InChI is InChI=1S/C24H31N3O4/c1-15(2)20-8-6-7-9-21(20)27-22(28)17(5)31-23(29)19-12-10-18(11-13-19)14-25-24(30)26-16(3)4/h6-13,15-17H,14H2,1-5H3,(H,27,28)(H2,25,26,30)/t17-/m0/s1. The van der Waals surface area contributed by atoms with Gasteiger partial charge in [-0.15, -0.1) is 0 Å². The van der Waals surface area contributed by atoms with Crippen LogP contribution in [0.5, 0.6) is 0 Å². The third-order valence-electron chi connectivity index (χ3n) is 4.56. The molecule has 7 nitrogen and oxygen atoms in total. The third-order valence-corrected chi connectivity index (χ3v) is 4.56. The number of rotatable bonds is 8. The molecule has 0 fully saturated rings. The highest BCUT2D eigenvalue weighted by Gasteiger charge is 2.20. The lowest BCUT2D eigenvalue weighted by atomic mass is 10.0. The molecule has 0 saturated carbocycles. The van der Waals surface area contributed by atoms with E-state index in [1.54, 1.807) is 24.3 Å². The molecule has 3 amide bonds. The Morgan fingerprint density at radius 3 is 2.16 bits per heavy atom. The van der Waals surface area contributed by atoms with Gasteiger partial charge in [-0.1, -0.05) is 44.2 Å². The molecule has 0 spiro atoms. The average Bonchev–Trinajstić information content (AvgIpc) is 2.72. The molecule has 166 valence electrons. The lowest BCUT2D eigenvalue weighted by molar-refractivity contribution is -0.123. The van der Waals surface area contributed by atoms with E-state index in [9.17, 15) is 14.4 Å². The number of nitrogens with one attached hydrogen (secondary N) is 3. The van der Waals surface area contributed by atoms with Crippen molar-refractivity contribution >= 4 is 23.6 Å². The van der Waals surface area contributed by atoms with E-state index < -0.39 is 18.0 Å². The van der Waals surface area contributed by atoms with Crippen LogP contribution < -0.4 is 16.0 Å². The van der Waals surface area contributed by atoms with E-state index in [0.29, 0.717) is 17.8 Å². The molecule has 0 aliphatic rings. The quantitative estimate of drug-likeness (QED) is 0.552. The van der Waals surface area contributed by atoms with Crippen LogP contribution >= 0.6 is 0 Å². The molecule has 31 heavy (non-hydrogen) atoms. The zero-order chi connectivity index (χ0) is 23.0. The van der Waals surface area contributed by atoms with Gasteiger partial charge in [0.15, 0.2) is 6.10 Å². The molecule has 1 atom stereocenters. The summed E-state index contributed by atoms with van der Waals surface area (Å²) in [4.78, 5) is 36.5. The van der Waals surface area contributed by atoms with Gasteiger partial charge in [-0.2, -0.15) is 0 Å². The zero-order valence-corrected chi connectivity index (χ0v) is 18.7. The minimum absolute atomic E-state index is 0.0511. The Kier molecular flexibility index (Phi) is 8.61. The molecule has 3 N–H and O–H groups in total. The highest BCUT2D eigenvalue weighted by molar-refractivity contribution is 5.97. The predicted molar refractivity (Wildman–Crippen MR) is 121 cm³/mol. The van der Waals surface area contributed by atoms with Crippen molar-refractivity contribution in [2.45, 2.75) is 59.2 Å². The number of hydrogen-bond donors (Lipinski definition) is 3. The van der Waals surface area contributed by atoms with Crippen LogP contribution in [0.25, 0.3) is 0 Å². The van der Waals surface area contributed by atoms with Crippen LogP contribution in [0.1, 0.15) is 62.0 Å². The minimum Gasteiger partial charge on any atom is -0.449 e. The number of ether oxygens (including phenoxy) is 1. The van der Waals surface area contributed by atoms with Crippen LogP contribution in [-0.4, -0.2) is 30.1 Å². The molecule has 0 aromatic heterocycles. The summed E-state index contributed by atoms with van der Waals surface area (Å²) in [7, 11) is 0. The summed E-state index contributed by atoms with van der Waals surface area (Å²) in [5.41, 5.74) is 2.90. The van der Waals surface area contributed by atoms with E-state index >= 15 is 0 Å². The first-order valence-corrected chi connectivity index (χ1v) is 10.4. The SMILES string of the molecule is CC(C)NC(=O)NCc1ccc(C(=O)O[C@@H](C)C(=O)Nc2ccccc2C(C)C)cc1. The van der Waals surface area contributed by atoms with Gasteiger partial charge >= 0.3 is 12.0 Å². The average molecular weight is 426 g/mol. The van der Waals surface area contributed by atoms with Crippen molar-refractivity contribution in [3.63, 3.8) is 0 Å². The van der Waals surface area contributed by atoms with Crippen LogP contribution in [0, 0.1) is 0 Å². The van der Waals surface area contributed by atoms with Gasteiger partial charge in [0.1, 0.15) is 0 Å². The molecule has 0 aliphatic carbocycles. The van der Waals surface area contributed by atoms with E-state index in [4.69, 9.17) is 4.74 Å². The molecule has 0 aliphatic heterocycles. The summed E-state index contributed by atoms with van der Waals surface area (Å²) in [5, 5.41) is 8.32. The number of benzene rings is 2. The Labute approximate surface area is 183 Å². The van der Waals surface area contributed by atoms with Crippen LogP contribution in [0.2, 0.25) is 0 Å². The van der Waals surface area contributed by atoms with Gasteiger partial charge in [0.05, 0.1) is 5.56 Å². The van der Waals surface area contributed by atoms with Crippen LogP contribution in [-0.2, 0) is 16.1 Å². The zero-order valence-electron chi connectivity index (χ0n) is 18.7. The Bertz CT molecular complexity index is 907. The summed E-state index contributed by atoms with van der Waals surface area (Å²) in [5.74, 6) is -0.728. The maximum atomic E-state index is 12.5. The maximum absolute atomic E-state index is 12.5. The van der Waals surface area contributed by atoms with Gasteiger partial charge in [-0.05, 0) is 56.0 Å². The summed E-state index contributed by atoms with van der Waals surface area (Å²) in [6, 6.07) is 14.0. The number of esters is 1. The number of hydrogen-bond acceptors (Lipinski definition) is 4. The summed E-state index contributed by atoms with van der Waals surface area (Å²) < 4.78 is 5.32. The maximum Gasteiger partial charge on any atom is 0.338 e. The van der Waals surface area contributed by atoms with Crippen LogP contribution in [0.3, 0.4) is 0 Å². The fraction of sp³-hybridized carbons (Fsp3) is 0.375. The first-order valence-electron chi connectivity index (χ1n) is 10.4. The molecule has 0 radical (unpaired) electrons. The smallest absolute Gasteiger partial charge is 0.338 e. The molecular formula is C24H31N3O4. The number of urea groups is 1. The van der Waals surface area contributed by atoms with Crippen molar-refractivity contribution in [1.82, 2.24) is 10.6 Å². The highest BCUT2D eigenvalue weighted by atomic mass is 16.5. The molecule has 0 heterocycles. The van der Waals surface area contributed by atoms with E-state index in [1.807, 2.05) is 52.0 Å². The second-order valence-electron chi connectivity index (χ2n) is 7.96. The second kappa shape index (κ2) is 11.2. The van der Waals surface area contributed by atoms with Crippen LogP contribution in [0.15, 0.2) is 48.5 Å². The number of para-hydroxylation sites is 1. The Balaban J connectivity index is 1.91. The summed E-state index contributed by atoms with van der Waals surface area (Å²) in [6.45, 7) is 9.72. The van der Waals surface area contributed by atoms with E-state index in [1.165, 1.54) is 6.92 Å². The highest BCUT2D eigenvalue weighted by Crippen LogP contribution is 2.24. The molecule has 0 unspecified atom stereocenters. The number of amides is 3. The van der Waals surface area contributed by atoms with Crippen molar-refractivity contribution in [2.24, 2.45) is 0 Å². The van der Waals surface area contributed by atoms with Crippen molar-refractivity contribution < 1.29 is 19.1 Å². The number of carbonyl (C=O) groups is 3. The molecule has 2 aromatic rings. The summed E-state index contributed by atoms with van der Waals surface area (Å²) in [6.07, 6.45) is -0.950. The van der Waals surface area contributed by atoms with E-state index in [0.717, 1.165) is 11.1 Å². The van der Waals surface area contributed by atoms with E-state index in [2.05, 4.69) is 16.0 Å². The Morgan fingerprint density at radius 1 is 0.903 bits per heavy atom. The second-order valence-corrected chi connectivity index (χ2v) is 7.96. The number of anilines is 1. The van der Waals surface area contributed by atoms with Crippen molar-refractivity contribution in [2.75, 3.05) is 5.32 Å². The normalized spacial score (nSPS) is 11.7. The van der Waals surface area contributed by atoms with Gasteiger partial charge in [0.25, 0.3) is 5.91 Å². The largest absolute Gasteiger partial charge is 0.449 e. The lowest BCUT2D eigenvalue weighted by Gasteiger charge is -2.17. The molecule has 0 bridgehead atoms. The van der Waals surface area contributed by atoms with Gasteiger partial charge in [-0.25, -0.2) is 9.59 Å². The van der Waals surface area contributed by atoms with Gasteiger partial charge < -0.3 is 20.7 Å². The molecule has 0 saturated heterocycles. The predicted octanol–water partition coefficient (Wildman–Crippen LogP) is 4.20. The Morgan fingerprint density at radius 2 is 1.55 bits per heavy atom. The van der Waals surface area contributed by atoms with Gasteiger partial charge in [0.2, 0.25) is 0 Å². The van der Waals surface area contributed by atoms with Gasteiger partial charge in [0, 0.05) is 18.3 Å². The molecule has 2 aromatic carbocycles.